The van der Waals surface area contributed by atoms with Crippen LogP contribution >= 0.6 is 25.3 Å². The van der Waals surface area contributed by atoms with E-state index in [2.05, 4.69) is 83.4 Å². The molecule has 95 heavy (non-hydrogen) atoms. The molecule has 0 aromatic heterocycles. The number of nitrogens with two attached hydrogens (primary N) is 4. The number of nitrogens with one attached hydrogen (secondary N) is 10. The Morgan fingerprint density at radius 3 is 1.65 bits per heavy atom. The number of thiol groups is 2. The summed E-state index contributed by atoms with van der Waals surface area (Å²) >= 11 is 8.22. The summed E-state index contributed by atoms with van der Waals surface area (Å²) in [6, 6.07) is -6.49. The smallest absolute Gasteiger partial charge is 0.326 e. The molecule has 532 valence electrons. The summed E-state index contributed by atoms with van der Waals surface area (Å²) in [7, 11) is 0. The molecule has 2 aliphatic rings. The van der Waals surface area contributed by atoms with Gasteiger partial charge in [-0.2, -0.15) is 25.3 Å². The van der Waals surface area contributed by atoms with Gasteiger partial charge in [0.25, 0.3) is 0 Å². The van der Waals surface area contributed by atoms with E-state index in [-0.39, 0.29) is 82.2 Å². The van der Waals surface area contributed by atoms with Gasteiger partial charge >= 0.3 is 5.97 Å². The van der Waals surface area contributed by atoms with Gasteiger partial charge < -0.3 is 96.1 Å². The van der Waals surface area contributed by atoms with E-state index >= 15 is 0 Å². The van der Waals surface area contributed by atoms with Gasteiger partial charge in [-0.25, -0.2) is 4.79 Å². The van der Waals surface area contributed by atoms with Gasteiger partial charge in [0.15, 0.2) is 5.96 Å². The lowest BCUT2D eigenvalue weighted by Crippen LogP contribution is -2.61. The number of aliphatic hydroxyl groups excluding tert-OH is 1. The van der Waals surface area contributed by atoms with Crippen molar-refractivity contribution >= 4 is 108 Å². The summed E-state index contributed by atoms with van der Waals surface area (Å²) in [5.74, 6) is -11.9. The van der Waals surface area contributed by atoms with Gasteiger partial charge in [0.2, 0.25) is 70.9 Å². The SMILES string of the molecule is CC[C@H](C)[C@H](NC(=O)[C@@H]1CCCN1C(=O)[C@@H]1CCCN1C(=O)[C@@H](NC(=O)[C@H](C)NC(=O)[C@H](CCCCN)NC(=O)[C@@H](NC(=O)[C@H](C)NC(=O)[C@H](CCCN=C(N)N)NC(=O)CNC(=O)[C@@H](N)CS)[C@@H](C)O)[C@@H](C)CC)C(=O)N[C@@H](CS)C(=O)N[C@@H](Cc1ccccc1)C(=O)O. The van der Waals surface area contributed by atoms with E-state index in [1.165, 1.54) is 30.6 Å². The zero-order valence-electron chi connectivity index (χ0n) is 55.2. The van der Waals surface area contributed by atoms with Crippen LogP contribution in [0.3, 0.4) is 0 Å². The monoisotopic (exact) mass is 1380 g/mol. The van der Waals surface area contributed by atoms with Crippen molar-refractivity contribution in [2.75, 3.05) is 44.2 Å². The molecular formula is C61H101N17O15S2. The van der Waals surface area contributed by atoms with E-state index in [1.807, 2.05) is 0 Å². The number of amides is 12. The highest BCUT2D eigenvalue weighted by atomic mass is 32.1. The zero-order chi connectivity index (χ0) is 71.2. The maximum atomic E-state index is 14.7. The molecule has 0 saturated carbocycles. The molecule has 0 bridgehead atoms. The van der Waals surface area contributed by atoms with E-state index in [0.29, 0.717) is 44.1 Å². The van der Waals surface area contributed by atoms with Gasteiger partial charge in [-0.15, -0.1) is 0 Å². The van der Waals surface area contributed by atoms with Crippen molar-refractivity contribution in [3.63, 3.8) is 0 Å². The number of carbonyl (C=O) groups is 13. The van der Waals surface area contributed by atoms with Crippen molar-refractivity contribution < 1.29 is 72.5 Å². The Morgan fingerprint density at radius 2 is 1.11 bits per heavy atom. The molecule has 1 aromatic carbocycles. The summed E-state index contributed by atoms with van der Waals surface area (Å²) in [5, 5.41) is 46.1. The van der Waals surface area contributed by atoms with Crippen molar-refractivity contribution in [1.82, 2.24) is 63.0 Å². The minimum absolute atomic E-state index is 0.00121. The van der Waals surface area contributed by atoms with E-state index in [1.54, 1.807) is 58.0 Å². The molecule has 1 aromatic rings. The Hall–Kier alpha value is -7.82. The number of benzene rings is 1. The average Bonchev–Trinajstić information content (AvgIpc) is 1.69. The molecule has 0 unspecified atom stereocenters. The van der Waals surface area contributed by atoms with Crippen molar-refractivity contribution in [3.8, 4) is 0 Å². The highest BCUT2D eigenvalue weighted by molar-refractivity contribution is 7.80. The van der Waals surface area contributed by atoms with E-state index in [0.717, 1.165) is 0 Å². The lowest BCUT2D eigenvalue weighted by molar-refractivity contribution is -0.149. The Labute approximate surface area is 565 Å². The first-order valence-corrected chi connectivity index (χ1v) is 33.5. The minimum Gasteiger partial charge on any atom is -0.480 e. The van der Waals surface area contributed by atoms with Crippen LogP contribution in [0.1, 0.15) is 125 Å². The van der Waals surface area contributed by atoms with Crippen LogP contribution in [0, 0.1) is 11.8 Å². The lowest BCUT2D eigenvalue weighted by atomic mass is 9.96. The van der Waals surface area contributed by atoms with Gasteiger partial charge in [0.05, 0.1) is 18.7 Å². The second-order valence-corrected chi connectivity index (χ2v) is 24.8. The van der Waals surface area contributed by atoms with Crippen molar-refractivity contribution in [2.24, 2.45) is 39.8 Å². The second kappa shape index (κ2) is 41.2. The lowest BCUT2D eigenvalue weighted by Gasteiger charge is -2.35. The van der Waals surface area contributed by atoms with Crippen LogP contribution in [-0.2, 0) is 68.7 Å². The van der Waals surface area contributed by atoms with Gasteiger partial charge in [0, 0.05) is 37.6 Å². The number of carboxylic acids is 1. The number of hydrogen-bond donors (Lipinski definition) is 18. The highest BCUT2D eigenvalue weighted by Crippen LogP contribution is 2.27. The molecule has 0 aliphatic carbocycles. The molecule has 12 amide bonds. The Bertz CT molecular complexity index is 2820. The fourth-order valence-corrected chi connectivity index (χ4v) is 10.9. The molecule has 3 rings (SSSR count). The normalized spacial score (nSPS) is 18.5. The highest BCUT2D eigenvalue weighted by Gasteiger charge is 2.46. The second-order valence-electron chi connectivity index (χ2n) is 24.1. The molecular weight excluding hydrogens is 1270 g/mol. The summed E-state index contributed by atoms with van der Waals surface area (Å²) in [5.41, 5.74) is 22.9. The fraction of sp³-hybridized carbons (Fsp3) is 0.672. The van der Waals surface area contributed by atoms with Crippen LogP contribution in [0.2, 0.25) is 0 Å². The predicted octanol–water partition coefficient (Wildman–Crippen LogP) is -4.34. The quantitative estimate of drug-likeness (QED) is 0.0128. The number of hydrogen-bond acceptors (Lipinski definition) is 19. The number of guanidine groups is 1. The molecule has 0 radical (unpaired) electrons. The number of nitrogens with zero attached hydrogens (tertiary/aromatic N) is 3. The van der Waals surface area contributed by atoms with Crippen LogP contribution in [-0.4, -0.2) is 226 Å². The van der Waals surface area contributed by atoms with E-state index in [9.17, 15) is 72.5 Å². The van der Waals surface area contributed by atoms with Crippen LogP contribution in [0.15, 0.2) is 35.3 Å². The Morgan fingerprint density at radius 1 is 0.589 bits per heavy atom. The van der Waals surface area contributed by atoms with Crippen LogP contribution in [0.4, 0.5) is 0 Å². The first kappa shape index (κ1) is 81.4. The maximum Gasteiger partial charge on any atom is 0.326 e. The average molecular weight is 1380 g/mol. The largest absolute Gasteiger partial charge is 0.480 e. The number of rotatable bonds is 40. The van der Waals surface area contributed by atoms with Crippen molar-refractivity contribution in [1.29, 1.82) is 0 Å². The molecule has 2 saturated heterocycles. The molecule has 2 aliphatic heterocycles. The molecule has 34 heteroatoms. The fourth-order valence-electron chi connectivity index (χ4n) is 10.5. The maximum absolute atomic E-state index is 14.7. The molecule has 2 heterocycles. The third kappa shape index (κ3) is 26.0. The topological polar surface area (TPSA) is 506 Å². The summed E-state index contributed by atoms with van der Waals surface area (Å²) in [4.78, 5) is 184. The summed E-state index contributed by atoms with van der Waals surface area (Å²) < 4.78 is 0. The van der Waals surface area contributed by atoms with Crippen LogP contribution in [0.5, 0.6) is 0 Å². The third-order valence-corrected chi connectivity index (χ3v) is 17.4. The van der Waals surface area contributed by atoms with Crippen molar-refractivity contribution in [2.45, 2.75) is 204 Å². The first-order valence-electron chi connectivity index (χ1n) is 32.2. The van der Waals surface area contributed by atoms with E-state index < -0.39 is 174 Å². The molecule has 2 fully saturated rings. The molecule has 15 atom stereocenters. The number of likely N-dealkylation sites (tertiary alicyclic amines) is 2. The Balaban J connectivity index is 1.73. The van der Waals surface area contributed by atoms with Gasteiger partial charge in [-0.05, 0) is 103 Å². The summed E-state index contributed by atoms with van der Waals surface area (Å²) in [6.07, 6.45) is 1.34. The number of carboxylic acid groups (broad SMARTS) is 1. The minimum atomic E-state index is -1.71. The van der Waals surface area contributed by atoms with Gasteiger partial charge in [0.1, 0.15) is 66.5 Å². The number of aliphatic carboxylic acids is 1. The van der Waals surface area contributed by atoms with Crippen molar-refractivity contribution in [3.05, 3.63) is 35.9 Å². The van der Waals surface area contributed by atoms with Gasteiger partial charge in [-0.1, -0.05) is 70.9 Å². The molecule has 32 nitrogen and oxygen atoms in total. The predicted molar refractivity (Wildman–Crippen MR) is 358 cm³/mol. The molecule has 20 N–H and O–H groups in total. The number of unbranched alkanes of at least 4 members (excludes halogenated alkanes) is 1. The molecule has 0 spiro atoms. The standard InChI is InChI=1S/C61H101N17O15S2/c1-8-32(3)46(56(88)73-42(31-95)54(86)72-41(60(92)93)28-37-18-11-10-12-19-37)74-55(87)43-22-16-26-77(43)58(90)44-23-17-27-78(44)59(91)47(33(4)9-2)75-49(81)34(5)69-53(85)40(20-13-14-24-62)71-57(89)48(36(7)79)76-50(82)35(6)68-52(84)39(21-15-25-66-61(64)65)70-45(80)29-67-51(83)38(63)30-94/h10-12,18-19,32-36,38-44,46-48,79,94-95H,8-9,13-17,20-31,62-63H2,1-7H3,(H,67,83)(H,68,84)(H,69,85)(H,70,80)(H,71,89)(H,72,86)(H,73,88)(H,74,87)(H,75,81)(H,76,82)(H,92,93)(H4,64,65,66)/t32-,33-,34-,35-,36+,38-,39-,40-,41-,42-,43-,44-,46-,47-,48-/m0/s1. The summed E-state index contributed by atoms with van der Waals surface area (Å²) in [6.45, 7) is 10.9. The Kier molecular flexibility index (Phi) is 35.3. The van der Waals surface area contributed by atoms with Crippen LogP contribution < -0.4 is 76.1 Å². The number of aliphatic hydroxyl groups is 1. The number of carbonyl (C=O) groups excluding carboxylic acids is 12. The zero-order valence-corrected chi connectivity index (χ0v) is 57.0. The van der Waals surface area contributed by atoms with E-state index in [4.69, 9.17) is 22.9 Å². The van der Waals surface area contributed by atoms with Crippen LogP contribution in [0.25, 0.3) is 0 Å². The van der Waals surface area contributed by atoms with Gasteiger partial charge in [-0.3, -0.25) is 62.5 Å². The number of aliphatic imine (C=N–C) groups is 1. The third-order valence-electron chi connectivity index (χ3n) is 16.6. The first-order chi connectivity index (χ1) is 44.9.